The maximum atomic E-state index is 12.8. The van der Waals surface area contributed by atoms with E-state index < -0.39 is 11.7 Å². The molecule has 1 saturated heterocycles. The molecule has 3 nitrogen and oxygen atoms in total. The molecule has 0 aliphatic carbocycles. The van der Waals surface area contributed by atoms with E-state index in [1.165, 1.54) is 12.4 Å². The third-order valence-electron chi connectivity index (χ3n) is 3.06. The van der Waals surface area contributed by atoms with Crippen molar-refractivity contribution in [3.8, 4) is 0 Å². The van der Waals surface area contributed by atoms with E-state index in [-0.39, 0.29) is 5.56 Å². The Kier molecular flexibility index (Phi) is 3.87. The Morgan fingerprint density at radius 1 is 1.50 bits per heavy atom. The first-order valence-corrected chi connectivity index (χ1v) is 5.92. The molecule has 1 fully saturated rings. The number of nitrogens with one attached hydrogen (secondary N) is 1. The second kappa shape index (κ2) is 5.24. The summed E-state index contributed by atoms with van der Waals surface area (Å²) in [5, 5.41) is 3.26. The van der Waals surface area contributed by atoms with Crippen molar-refractivity contribution < 1.29 is 13.2 Å². The number of aromatic nitrogens is 1. The van der Waals surface area contributed by atoms with E-state index in [1.807, 2.05) is 11.8 Å². The molecule has 6 heteroatoms. The molecule has 0 unspecified atom stereocenters. The molecule has 1 atom stereocenters. The van der Waals surface area contributed by atoms with Crippen molar-refractivity contribution in [1.29, 1.82) is 0 Å². The maximum Gasteiger partial charge on any atom is 0.416 e. The first-order chi connectivity index (χ1) is 8.47. The lowest BCUT2D eigenvalue weighted by molar-refractivity contribution is -0.138. The molecule has 18 heavy (non-hydrogen) atoms. The van der Waals surface area contributed by atoms with Crippen molar-refractivity contribution in [1.82, 2.24) is 15.2 Å². The van der Waals surface area contributed by atoms with Gasteiger partial charge in [0.05, 0.1) is 5.56 Å². The highest BCUT2D eigenvalue weighted by Crippen LogP contribution is 2.31. The summed E-state index contributed by atoms with van der Waals surface area (Å²) in [6, 6.07) is 1.35. The highest BCUT2D eigenvalue weighted by atomic mass is 19.4. The third kappa shape index (κ3) is 3.20. The van der Waals surface area contributed by atoms with E-state index in [4.69, 9.17) is 0 Å². The van der Waals surface area contributed by atoms with Crippen LogP contribution in [0.4, 0.5) is 13.2 Å². The minimum absolute atomic E-state index is 0.249. The van der Waals surface area contributed by atoms with Crippen LogP contribution in [0, 0.1) is 0 Å². The second-order valence-corrected chi connectivity index (χ2v) is 4.62. The summed E-state index contributed by atoms with van der Waals surface area (Å²) in [5.41, 5.74) is -0.331. The van der Waals surface area contributed by atoms with E-state index in [0.29, 0.717) is 12.6 Å². The Morgan fingerprint density at radius 2 is 2.28 bits per heavy atom. The van der Waals surface area contributed by atoms with Crippen molar-refractivity contribution in [2.75, 3.05) is 19.6 Å². The van der Waals surface area contributed by atoms with E-state index in [0.717, 1.165) is 25.7 Å². The van der Waals surface area contributed by atoms with Gasteiger partial charge in [-0.25, -0.2) is 0 Å². The molecule has 1 aromatic heterocycles. The molecule has 1 N–H and O–H groups in total. The zero-order valence-corrected chi connectivity index (χ0v) is 10.2. The van der Waals surface area contributed by atoms with Crippen LogP contribution in [0.1, 0.15) is 18.1 Å². The summed E-state index contributed by atoms with van der Waals surface area (Å²) in [4.78, 5) is 5.82. The summed E-state index contributed by atoms with van der Waals surface area (Å²) < 4.78 is 38.5. The molecule has 1 aromatic rings. The summed E-state index contributed by atoms with van der Waals surface area (Å²) in [7, 11) is 0. The molecule has 100 valence electrons. The lowest BCUT2D eigenvalue weighted by atomic mass is 10.1. The minimum atomic E-state index is -4.31. The molecule has 0 aromatic carbocycles. The summed E-state index contributed by atoms with van der Waals surface area (Å²) in [6.07, 6.45) is -1.81. The topological polar surface area (TPSA) is 28.2 Å². The average Bonchev–Trinajstić information content (AvgIpc) is 2.28. The largest absolute Gasteiger partial charge is 0.416 e. The van der Waals surface area contributed by atoms with Crippen LogP contribution in [0.2, 0.25) is 0 Å². The zero-order chi connectivity index (χ0) is 13.2. The smallest absolute Gasteiger partial charge is 0.312 e. The summed E-state index contributed by atoms with van der Waals surface area (Å²) in [6.45, 7) is 4.65. The number of rotatable bonds is 2. The van der Waals surface area contributed by atoms with Gasteiger partial charge in [-0.15, -0.1) is 0 Å². The molecule has 0 radical (unpaired) electrons. The molecular formula is C12H16F3N3. The van der Waals surface area contributed by atoms with Crippen LogP contribution >= 0.6 is 0 Å². The Balaban J connectivity index is 2.13. The highest BCUT2D eigenvalue weighted by molar-refractivity contribution is 5.26. The van der Waals surface area contributed by atoms with Crippen LogP contribution in [0.5, 0.6) is 0 Å². The fraction of sp³-hybridized carbons (Fsp3) is 0.583. The Bertz CT molecular complexity index is 406. The number of hydrogen-bond donors (Lipinski definition) is 1. The molecule has 0 amide bonds. The van der Waals surface area contributed by atoms with Gasteiger partial charge in [0, 0.05) is 44.6 Å². The van der Waals surface area contributed by atoms with Crippen LogP contribution in [0.25, 0.3) is 0 Å². The SMILES string of the molecule is C[C@@H]1CN(Cc2cnccc2C(F)(F)F)CCN1. The minimum Gasteiger partial charge on any atom is -0.312 e. The van der Waals surface area contributed by atoms with Crippen molar-refractivity contribution in [3.63, 3.8) is 0 Å². The maximum absolute atomic E-state index is 12.8. The predicted molar refractivity (Wildman–Crippen MR) is 62.0 cm³/mol. The predicted octanol–water partition coefficient (Wildman–Crippen LogP) is 1.89. The van der Waals surface area contributed by atoms with Gasteiger partial charge >= 0.3 is 6.18 Å². The van der Waals surface area contributed by atoms with Crippen molar-refractivity contribution in [3.05, 3.63) is 29.6 Å². The Hall–Kier alpha value is -1.14. The van der Waals surface area contributed by atoms with Gasteiger partial charge in [0.1, 0.15) is 0 Å². The van der Waals surface area contributed by atoms with Crippen molar-refractivity contribution >= 4 is 0 Å². The molecule has 0 spiro atoms. The normalized spacial score (nSPS) is 22.1. The van der Waals surface area contributed by atoms with Crippen molar-refractivity contribution in [2.24, 2.45) is 0 Å². The van der Waals surface area contributed by atoms with Gasteiger partial charge in [0.2, 0.25) is 0 Å². The van der Waals surface area contributed by atoms with Crippen LogP contribution < -0.4 is 5.32 Å². The molecule has 2 heterocycles. The fourth-order valence-electron chi connectivity index (χ4n) is 2.23. The Morgan fingerprint density at radius 3 is 2.94 bits per heavy atom. The van der Waals surface area contributed by atoms with Gasteiger partial charge in [-0.1, -0.05) is 0 Å². The van der Waals surface area contributed by atoms with Gasteiger partial charge in [-0.05, 0) is 18.6 Å². The van der Waals surface area contributed by atoms with E-state index in [9.17, 15) is 13.2 Å². The van der Waals surface area contributed by atoms with E-state index in [2.05, 4.69) is 10.3 Å². The number of piperazine rings is 1. The number of pyridine rings is 1. The van der Waals surface area contributed by atoms with Gasteiger partial charge in [-0.3, -0.25) is 9.88 Å². The summed E-state index contributed by atoms with van der Waals surface area (Å²) in [5.74, 6) is 0. The molecule has 2 rings (SSSR count). The van der Waals surface area contributed by atoms with Gasteiger partial charge in [0.15, 0.2) is 0 Å². The number of alkyl halides is 3. The van der Waals surface area contributed by atoms with Crippen LogP contribution in [0.3, 0.4) is 0 Å². The highest BCUT2D eigenvalue weighted by Gasteiger charge is 2.33. The van der Waals surface area contributed by atoms with Gasteiger partial charge in [-0.2, -0.15) is 13.2 Å². The molecule has 0 saturated carbocycles. The molecular weight excluding hydrogens is 243 g/mol. The number of nitrogens with zero attached hydrogens (tertiary/aromatic N) is 2. The van der Waals surface area contributed by atoms with Gasteiger partial charge in [0.25, 0.3) is 0 Å². The number of hydrogen-bond acceptors (Lipinski definition) is 3. The quantitative estimate of drug-likeness (QED) is 0.879. The third-order valence-corrected chi connectivity index (χ3v) is 3.06. The zero-order valence-electron chi connectivity index (χ0n) is 10.2. The monoisotopic (exact) mass is 259 g/mol. The summed E-state index contributed by atoms with van der Waals surface area (Å²) >= 11 is 0. The lowest BCUT2D eigenvalue weighted by Crippen LogP contribution is -2.48. The van der Waals surface area contributed by atoms with E-state index >= 15 is 0 Å². The standard InChI is InChI=1S/C12H16F3N3/c1-9-7-18(5-4-17-9)8-10-6-16-3-2-11(10)12(13,14)15/h2-3,6,9,17H,4-5,7-8H2,1H3/t9-/m1/s1. The molecule has 1 aliphatic rings. The van der Waals surface area contributed by atoms with E-state index in [1.54, 1.807) is 0 Å². The van der Waals surface area contributed by atoms with Crippen LogP contribution in [0.15, 0.2) is 18.5 Å². The molecule has 0 bridgehead atoms. The molecule has 1 aliphatic heterocycles. The number of halogens is 3. The van der Waals surface area contributed by atoms with Gasteiger partial charge < -0.3 is 5.32 Å². The van der Waals surface area contributed by atoms with Crippen LogP contribution in [-0.2, 0) is 12.7 Å². The Labute approximate surface area is 104 Å². The first-order valence-electron chi connectivity index (χ1n) is 5.92. The first kappa shape index (κ1) is 13.3. The average molecular weight is 259 g/mol. The lowest BCUT2D eigenvalue weighted by Gasteiger charge is -2.32. The van der Waals surface area contributed by atoms with Crippen LogP contribution in [-0.4, -0.2) is 35.6 Å². The fourth-order valence-corrected chi connectivity index (χ4v) is 2.23. The second-order valence-electron chi connectivity index (χ2n) is 4.62. The van der Waals surface area contributed by atoms with Crippen molar-refractivity contribution in [2.45, 2.75) is 25.7 Å².